The number of aromatic nitrogens is 1. The molecular formula is C16H29N3. The molecule has 0 aliphatic rings. The van der Waals surface area contributed by atoms with Crippen LogP contribution in [0.1, 0.15) is 38.6 Å². The van der Waals surface area contributed by atoms with Gasteiger partial charge >= 0.3 is 0 Å². The van der Waals surface area contributed by atoms with Gasteiger partial charge in [-0.1, -0.05) is 26.8 Å². The van der Waals surface area contributed by atoms with Gasteiger partial charge in [0.25, 0.3) is 0 Å². The minimum absolute atomic E-state index is 0.735. The molecule has 1 aromatic heterocycles. The highest BCUT2D eigenvalue weighted by Crippen LogP contribution is 2.03. The summed E-state index contributed by atoms with van der Waals surface area (Å²) < 4.78 is 0. The predicted molar refractivity (Wildman–Crippen MR) is 82.2 cm³/mol. The summed E-state index contributed by atoms with van der Waals surface area (Å²) >= 11 is 0. The van der Waals surface area contributed by atoms with Crippen molar-refractivity contribution in [2.45, 2.75) is 40.7 Å². The maximum Gasteiger partial charge on any atom is 0.0547 e. The van der Waals surface area contributed by atoms with E-state index >= 15 is 0 Å². The van der Waals surface area contributed by atoms with E-state index in [1.165, 1.54) is 12.1 Å². The molecule has 3 heteroatoms. The van der Waals surface area contributed by atoms with E-state index in [2.05, 4.69) is 61.1 Å². The standard InChI is InChI=1S/C16H29N3/c1-5-19(11-7-10-17-12-14(2)3)13-16-9-6-8-15(4)18-16/h6,8-9,14,17H,5,7,10-13H2,1-4H3. The van der Waals surface area contributed by atoms with Crippen LogP contribution < -0.4 is 5.32 Å². The van der Waals surface area contributed by atoms with E-state index in [0.717, 1.165) is 44.3 Å². The third-order valence-electron chi connectivity index (χ3n) is 3.16. The van der Waals surface area contributed by atoms with Crippen LogP contribution in [0, 0.1) is 12.8 Å². The third-order valence-corrected chi connectivity index (χ3v) is 3.16. The Balaban J connectivity index is 2.26. The molecule has 0 fully saturated rings. The molecule has 0 atom stereocenters. The van der Waals surface area contributed by atoms with Gasteiger partial charge in [-0.2, -0.15) is 0 Å². The molecule has 0 spiro atoms. The second-order valence-corrected chi connectivity index (χ2v) is 5.59. The van der Waals surface area contributed by atoms with E-state index in [-0.39, 0.29) is 0 Å². The van der Waals surface area contributed by atoms with Gasteiger partial charge in [0.15, 0.2) is 0 Å². The van der Waals surface area contributed by atoms with Crippen molar-refractivity contribution < 1.29 is 0 Å². The van der Waals surface area contributed by atoms with Gasteiger partial charge in [0.2, 0.25) is 0 Å². The lowest BCUT2D eigenvalue weighted by Gasteiger charge is -2.20. The maximum atomic E-state index is 4.57. The molecule has 0 saturated heterocycles. The zero-order chi connectivity index (χ0) is 14.1. The van der Waals surface area contributed by atoms with Crippen molar-refractivity contribution in [1.29, 1.82) is 0 Å². The number of hydrogen-bond acceptors (Lipinski definition) is 3. The second-order valence-electron chi connectivity index (χ2n) is 5.59. The van der Waals surface area contributed by atoms with Gasteiger partial charge in [-0.25, -0.2) is 0 Å². The summed E-state index contributed by atoms with van der Waals surface area (Å²) in [6, 6.07) is 6.26. The zero-order valence-electron chi connectivity index (χ0n) is 12.9. The minimum atomic E-state index is 0.735. The lowest BCUT2D eigenvalue weighted by molar-refractivity contribution is 0.271. The lowest BCUT2D eigenvalue weighted by Crippen LogP contribution is -2.28. The zero-order valence-corrected chi connectivity index (χ0v) is 12.9. The summed E-state index contributed by atoms with van der Waals surface area (Å²) in [5.41, 5.74) is 2.28. The molecule has 1 aromatic rings. The molecule has 3 nitrogen and oxygen atoms in total. The molecule has 0 bridgehead atoms. The maximum absolute atomic E-state index is 4.57. The molecule has 108 valence electrons. The SMILES string of the molecule is CCN(CCCNCC(C)C)Cc1cccc(C)n1. The molecule has 1 rings (SSSR count). The van der Waals surface area contributed by atoms with Crippen LogP contribution in [-0.2, 0) is 6.54 Å². The fourth-order valence-corrected chi connectivity index (χ4v) is 2.08. The Bertz CT molecular complexity index is 350. The summed E-state index contributed by atoms with van der Waals surface area (Å²) in [6.45, 7) is 14.2. The molecule has 1 N–H and O–H groups in total. The molecule has 0 radical (unpaired) electrons. The van der Waals surface area contributed by atoms with E-state index in [9.17, 15) is 0 Å². The molecule has 0 unspecified atom stereocenters. The Morgan fingerprint density at radius 2 is 2.11 bits per heavy atom. The summed E-state index contributed by atoms with van der Waals surface area (Å²) in [5.74, 6) is 0.735. The molecule has 0 aliphatic carbocycles. The Labute approximate surface area is 118 Å². The number of nitrogens with one attached hydrogen (secondary N) is 1. The quantitative estimate of drug-likeness (QED) is 0.694. The molecule has 0 amide bonds. The summed E-state index contributed by atoms with van der Waals surface area (Å²) in [7, 11) is 0. The second kappa shape index (κ2) is 9.05. The number of rotatable bonds is 9. The van der Waals surface area contributed by atoms with Gasteiger partial charge in [-0.3, -0.25) is 9.88 Å². The summed E-state index contributed by atoms with van der Waals surface area (Å²) in [4.78, 5) is 7.03. The van der Waals surface area contributed by atoms with Gasteiger partial charge in [0.05, 0.1) is 5.69 Å². The van der Waals surface area contributed by atoms with Gasteiger partial charge in [-0.15, -0.1) is 0 Å². The first-order valence-corrected chi connectivity index (χ1v) is 7.47. The number of pyridine rings is 1. The van der Waals surface area contributed by atoms with Crippen molar-refractivity contribution in [3.8, 4) is 0 Å². The van der Waals surface area contributed by atoms with Gasteiger partial charge in [0, 0.05) is 12.2 Å². The average Bonchev–Trinajstić information content (AvgIpc) is 2.36. The Hall–Kier alpha value is -0.930. The van der Waals surface area contributed by atoms with E-state index in [4.69, 9.17) is 0 Å². The largest absolute Gasteiger partial charge is 0.316 e. The van der Waals surface area contributed by atoms with Crippen LogP contribution in [0.4, 0.5) is 0 Å². The Kier molecular flexibility index (Phi) is 7.68. The number of aryl methyl sites for hydroxylation is 1. The van der Waals surface area contributed by atoms with Crippen molar-refractivity contribution in [2.24, 2.45) is 5.92 Å². The normalized spacial score (nSPS) is 11.5. The molecule has 19 heavy (non-hydrogen) atoms. The van der Waals surface area contributed by atoms with Crippen LogP contribution >= 0.6 is 0 Å². The smallest absolute Gasteiger partial charge is 0.0547 e. The van der Waals surface area contributed by atoms with Crippen LogP contribution in [0.2, 0.25) is 0 Å². The van der Waals surface area contributed by atoms with E-state index in [0.29, 0.717) is 0 Å². The highest BCUT2D eigenvalue weighted by atomic mass is 15.1. The fraction of sp³-hybridized carbons (Fsp3) is 0.688. The monoisotopic (exact) mass is 263 g/mol. The number of hydrogen-bond donors (Lipinski definition) is 1. The van der Waals surface area contributed by atoms with Crippen molar-refractivity contribution in [3.05, 3.63) is 29.6 Å². The van der Waals surface area contributed by atoms with Gasteiger partial charge in [-0.05, 0) is 57.6 Å². The van der Waals surface area contributed by atoms with E-state index < -0.39 is 0 Å². The Morgan fingerprint density at radius 1 is 1.32 bits per heavy atom. The topological polar surface area (TPSA) is 28.2 Å². The van der Waals surface area contributed by atoms with Crippen molar-refractivity contribution in [3.63, 3.8) is 0 Å². The van der Waals surface area contributed by atoms with Gasteiger partial charge < -0.3 is 5.32 Å². The highest BCUT2D eigenvalue weighted by molar-refractivity contribution is 5.09. The first-order chi connectivity index (χ1) is 9.11. The Morgan fingerprint density at radius 3 is 2.74 bits per heavy atom. The van der Waals surface area contributed by atoms with Crippen LogP contribution in [-0.4, -0.2) is 36.1 Å². The first kappa shape index (κ1) is 16.1. The van der Waals surface area contributed by atoms with E-state index in [1.54, 1.807) is 0 Å². The highest BCUT2D eigenvalue weighted by Gasteiger charge is 2.04. The summed E-state index contributed by atoms with van der Waals surface area (Å²) in [6.07, 6.45) is 1.20. The number of nitrogens with zero attached hydrogens (tertiary/aromatic N) is 2. The van der Waals surface area contributed by atoms with Crippen LogP contribution in [0.3, 0.4) is 0 Å². The lowest BCUT2D eigenvalue weighted by atomic mass is 10.2. The van der Waals surface area contributed by atoms with E-state index in [1.807, 2.05) is 0 Å². The fourth-order valence-electron chi connectivity index (χ4n) is 2.08. The molecule has 0 aromatic carbocycles. The van der Waals surface area contributed by atoms with Crippen molar-refractivity contribution in [2.75, 3.05) is 26.2 Å². The first-order valence-electron chi connectivity index (χ1n) is 7.47. The molecule has 0 aliphatic heterocycles. The molecule has 0 saturated carbocycles. The van der Waals surface area contributed by atoms with Crippen molar-refractivity contribution in [1.82, 2.24) is 15.2 Å². The van der Waals surface area contributed by atoms with Gasteiger partial charge in [0.1, 0.15) is 0 Å². The van der Waals surface area contributed by atoms with Crippen LogP contribution in [0.25, 0.3) is 0 Å². The summed E-state index contributed by atoms with van der Waals surface area (Å²) in [5, 5.41) is 3.49. The van der Waals surface area contributed by atoms with Crippen LogP contribution in [0.5, 0.6) is 0 Å². The predicted octanol–water partition coefficient (Wildman–Crippen LogP) is 2.85. The third kappa shape index (κ3) is 7.28. The average molecular weight is 263 g/mol. The molecule has 1 heterocycles. The molecular weight excluding hydrogens is 234 g/mol. The minimum Gasteiger partial charge on any atom is -0.316 e. The van der Waals surface area contributed by atoms with Crippen LogP contribution in [0.15, 0.2) is 18.2 Å². The van der Waals surface area contributed by atoms with Crippen molar-refractivity contribution >= 4 is 0 Å².